The third-order valence-corrected chi connectivity index (χ3v) is 4.66. The minimum atomic E-state index is -0.640. The number of amides is 2. The molecule has 1 saturated carbocycles. The Morgan fingerprint density at radius 3 is 2.39 bits per heavy atom. The Labute approximate surface area is 163 Å². The van der Waals surface area contributed by atoms with Crippen LogP contribution in [0, 0.1) is 0 Å². The van der Waals surface area contributed by atoms with Crippen LogP contribution in [0.25, 0.3) is 0 Å². The maximum Gasteiger partial charge on any atom is 0.408 e. The van der Waals surface area contributed by atoms with Crippen LogP contribution in [0.3, 0.4) is 0 Å². The van der Waals surface area contributed by atoms with Gasteiger partial charge in [0.1, 0.15) is 12.1 Å². The predicted molar refractivity (Wildman–Crippen MR) is 104 cm³/mol. The Morgan fingerprint density at radius 1 is 1.18 bits per heavy atom. The number of alkyl carbamates (subject to hydrolysis) is 1. The molecule has 0 bridgehead atoms. The van der Waals surface area contributed by atoms with Crippen molar-refractivity contribution in [1.82, 2.24) is 20.2 Å². The van der Waals surface area contributed by atoms with E-state index in [0.717, 1.165) is 43.1 Å². The summed E-state index contributed by atoms with van der Waals surface area (Å²) in [7, 11) is 0. The van der Waals surface area contributed by atoms with Crippen molar-refractivity contribution in [2.75, 3.05) is 6.54 Å². The minimum Gasteiger partial charge on any atom is -0.444 e. The summed E-state index contributed by atoms with van der Waals surface area (Å²) in [6.07, 6.45) is 6.32. The number of H-pyrrole nitrogens is 1. The standard InChI is InChI=1S/C19H30N4O5/c1-18(2,3)28-17(27)22-19(9-6-4-5-7-10-19)13-20-15(25)12-23-11-8-14(24)21-16(23)26/h8,11H,4-7,9-10,12-13H2,1-3H3,(H,20,25)(H,22,27)(H,21,24,26). The molecule has 0 aromatic carbocycles. The molecule has 9 nitrogen and oxygen atoms in total. The first-order valence-corrected chi connectivity index (χ1v) is 9.66. The summed E-state index contributed by atoms with van der Waals surface area (Å²) >= 11 is 0. The fourth-order valence-corrected chi connectivity index (χ4v) is 3.32. The van der Waals surface area contributed by atoms with Gasteiger partial charge in [0.25, 0.3) is 5.56 Å². The van der Waals surface area contributed by atoms with Crippen LogP contribution in [0.5, 0.6) is 0 Å². The fourth-order valence-electron chi connectivity index (χ4n) is 3.32. The van der Waals surface area contributed by atoms with E-state index >= 15 is 0 Å². The maximum atomic E-state index is 12.3. The molecule has 3 N–H and O–H groups in total. The summed E-state index contributed by atoms with van der Waals surface area (Å²) < 4.78 is 6.52. The van der Waals surface area contributed by atoms with Gasteiger partial charge in [-0.2, -0.15) is 0 Å². The number of aromatic nitrogens is 2. The van der Waals surface area contributed by atoms with Crippen molar-refractivity contribution in [1.29, 1.82) is 0 Å². The first-order chi connectivity index (χ1) is 13.1. The van der Waals surface area contributed by atoms with Crippen LogP contribution in [-0.4, -0.2) is 39.2 Å². The topological polar surface area (TPSA) is 122 Å². The zero-order chi connectivity index (χ0) is 20.8. The summed E-state index contributed by atoms with van der Waals surface area (Å²) in [4.78, 5) is 49.6. The van der Waals surface area contributed by atoms with E-state index in [9.17, 15) is 19.2 Å². The zero-order valence-electron chi connectivity index (χ0n) is 16.8. The second-order valence-corrected chi connectivity index (χ2v) is 8.34. The summed E-state index contributed by atoms with van der Waals surface area (Å²) in [5, 5.41) is 5.79. The van der Waals surface area contributed by atoms with Crippen LogP contribution in [0.1, 0.15) is 59.3 Å². The quantitative estimate of drug-likeness (QED) is 0.649. The SMILES string of the molecule is CC(C)(C)OC(=O)NC1(CNC(=O)Cn2ccc(=O)[nH]c2=O)CCCCCC1. The molecule has 1 aliphatic rings. The third kappa shape index (κ3) is 6.86. The summed E-state index contributed by atoms with van der Waals surface area (Å²) in [6, 6.07) is 1.19. The maximum absolute atomic E-state index is 12.3. The van der Waals surface area contributed by atoms with Crippen molar-refractivity contribution < 1.29 is 14.3 Å². The Morgan fingerprint density at radius 2 is 1.82 bits per heavy atom. The molecule has 2 rings (SSSR count). The van der Waals surface area contributed by atoms with E-state index in [4.69, 9.17) is 4.74 Å². The van der Waals surface area contributed by atoms with Gasteiger partial charge in [-0.15, -0.1) is 0 Å². The van der Waals surface area contributed by atoms with Gasteiger partial charge in [0.05, 0.1) is 5.54 Å². The van der Waals surface area contributed by atoms with Gasteiger partial charge < -0.3 is 15.4 Å². The Hall–Kier alpha value is -2.58. The Bertz CT molecular complexity index is 798. The molecular formula is C19H30N4O5. The lowest BCUT2D eigenvalue weighted by Crippen LogP contribution is -2.56. The van der Waals surface area contributed by atoms with Gasteiger partial charge in [0.15, 0.2) is 0 Å². The normalized spacial score (nSPS) is 16.7. The molecule has 2 amide bonds. The molecule has 1 heterocycles. The number of hydrogen-bond acceptors (Lipinski definition) is 5. The van der Waals surface area contributed by atoms with E-state index in [2.05, 4.69) is 15.6 Å². The molecule has 1 fully saturated rings. The molecule has 28 heavy (non-hydrogen) atoms. The number of aromatic amines is 1. The highest BCUT2D eigenvalue weighted by Crippen LogP contribution is 2.27. The molecule has 9 heteroatoms. The van der Waals surface area contributed by atoms with Crippen molar-refractivity contribution >= 4 is 12.0 Å². The summed E-state index contributed by atoms with van der Waals surface area (Å²) in [5.74, 6) is -0.372. The number of hydrogen-bond donors (Lipinski definition) is 3. The number of carbonyl (C=O) groups is 2. The van der Waals surface area contributed by atoms with Gasteiger partial charge in [-0.1, -0.05) is 25.7 Å². The first-order valence-electron chi connectivity index (χ1n) is 9.66. The van der Waals surface area contributed by atoms with Crippen LogP contribution < -0.4 is 21.9 Å². The van der Waals surface area contributed by atoms with Crippen LogP contribution in [0.2, 0.25) is 0 Å². The molecule has 1 aromatic rings. The third-order valence-electron chi connectivity index (χ3n) is 4.66. The average molecular weight is 394 g/mol. The van der Waals surface area contributed by atoms with Crippen molar-refractivity contribution in [3.05, 3.63) is 33.1 Å². The van der Waals surface area contributed by atoms with Crippen LogP contribution >= 0.6 is 0 Å². The van der Waals surface area contributed by atoms with E-state index in [1.54, 1.807) is 20.8 Å². The highest BCUT2D eigenvalue weighted by molar-refractivity contribution is 5.76. The predicted octanol–water partition coefficient (Wildman–Crippen LogP) is 1.27. The smallest absolute Gasteiger partial charge is 0.408 e. The van der Waals surface area contributed by atoms with Crippen LogP contribution in [-0.2, 0) is 16.1 Å². The van der Waals surface area contributed by atoms with Crippen LogP contribution in [0.4, 0.5) is 4.79 Å². The lowest BCUT2D eigenvalue weighted by Gasteiger charge is -2.35. The monoisotopic (exact) mass is 394 g/mol. The molecule has 0 unspecified atom stereocenters. The average Bonchev–Trinajstić information content (AvgIpc) is 2.80. The Balaban J connectivity index is 2.03. The molecule has 0 saturated heterocycles. The van der Waals surface area contributed by atoms with Crippen molar-refractivity contribution in [2.24, 2.45) is 0 Å². The molecule has 0 atom stereocenters. The lowest BCUT2D eigenvalue weighted by molar-refractivity contribution is -0.122. The van der Waals surface area contributed by atoms with Crippen LogP contribution in [0.15, 0.2) is 21.9 Å². The highest BCUT2D eigenvalue weighted by atomic mass is 16.6. The Kier molecular flexibility index (Phi) is 7.04. The van der Waals surface area contributed by atoms with Gasteiger partial charge in [0, 0.05) is 18.8 Å². The lowest BCUT2D eigenvalue weighted by atomic mass is 9.90. The highest BCUT2D eigenvalue weighted by Gasteiger charge is 2.34. The molecule has 0 aliphatic heterocycles. The van der Waals surface area contributed by atoms with Gasteiger partial charge in [-0.3, -0.25) is 19.1 Å². The summed E-state index contributed by atoms with van der Waals surface area (Å²) in [6.45, 7) is 5.45. The van der Waals surface area contributed by atoms with Gasteiger partial charge in [-0.25, -0.2) is 9.59 Å². The van der Waals surface area contributed by atoms with Crippen molar-refractivity contribution in [3.8, 4) is 0 Å². The fraction of sp³-hybridized carbons (Fsp3) is 0.684. The van der Waals surface area contributed by atoms with E-state index in [1.807, 2.05) is 0 Å². The molecule has 1 aromatic heterocycles. The number of ether oxygens (including phenoxy) is 1. The number of rotatable bonds is 5. The number of nitrogens with zero attached hydrogens (tertiary/aromatic N) is 1. The number of carbonyl (C=O) groups excluding carboxylic acids is 2. The number of nitrogens with one attached hydrogen (secondary N) is 3. The van der Waals surface area contributed by atoms with E-state index in [0.29, 0.717) is 0 Å². The molecule has 1 aliphatic carbocycles. The molecule has 0 radical (unpaired) electrons. The molecule has 156 valence electrons. The minimum absolute atomic E-state index is 0.210. The largest absolute Gasteiger partial charge is 0.444 e. The first kappa shape index (κ1) is 21.7. The van der Waals surface area contributed by atoms with E-state index in [1.165, 1.54) is 12.3 Å². The molecular weight excluding hydrogens is 364 g/mol. The van der Waals surface area contributed by atoms with E-state index < -0.39 is 28.5 Å². The molecule has 0 spiro atoms. The van der Waals surface area contributed by atoms with Crippen molar-refractivity contribution in [2.45, 2.75) is 77.0 Å². The van der Waals surface area contributed by atoms with Gasteiger partial charge in [-0.05, 0) is 33.6 Å². The van der Waals surface area contributed by atoms with Gasteiger partial charge in [0.2, 0.25) is 5.91 Å². The zero-order valence-corrected chi connectivity index (χ0v) is 16.8. The van der Waals surface area contributed by atoms with Crippen molar-refractivity contribution in [3.63, 3.8) is 0 Å². The van der Waals surface area contributed by atoms with E-state index in [-0.39, 0.29) is 19.0 Å². The second-order valence-electron chi connectivity index (χ2n) is 8.34. The van der Waals surface area contributed by atoms with Gasteiger partial charge >= 0.3 is 11.8 Å². The summed E-state index contributed by atoms with van der Waals surface area (Å²) in [5.41, 5.74) is -2.34. The second kappa shape index (κ2) is 9.07.